The van der Waals surface area contributed by atoms with Crippen LogP contribution >= 0.6 is 0 Å². The third-order valence-electron chi connectivity index (χ3n) is 4.30. The Balaban J connectivity index is 1.70. The molecule has 1 saturated heterocycles. The largest absolute Gasteiger partial charge is 0.480 e. The molecule has 0 bridgehead atoms. The Morgan fingerprint density at radius 2 is 2.11 bits per heavy atom. The van der Waals surface area contributed by atoms with E-state index in [-0.39, 0.29) is 6.04 Å². The van der Waals surface area contributed by atoms with E-state index in [0.29, 0.717) is 6.04 Å². The third kappa shape index (κ3) is 3.95. The molecular weight excluding hydrogens is 228 g/mol. The molecule has 4 nitrogen and oxygen atoms in total. The molecule has 0 radical (unpaired) electrons. The molecule has 0 spiro atoms. The number of rotatable bonds is 7. The maximum Gasteiger partial charge on any atom is 0.320 e. The molecule has 0 aromatic carbocycles. The van der Waals surface area contributed by atoms with Gasteiger partial charge in [0.2, 0.25) is 0 Å². The van der Waals surface area contributed by atoms with Gasteiger partial charge >= 0.3 is 5.97 Å². The van der Waals surface area contributed by atoms with Crippen molar-refractivity contribution in [1.82, 2.24) is 10.2 Å². The Morgan fingerprint density at radius 1 is 1.39 bits per heavy atom. The van der Waals surface area contributed by atoms with E-state index in [4.69, 9.17) is 0 Å². The van der Waals surface area contributed by atoms with Crippen LogP contribution < -0.4 is 5.32 Å². The minimum absolute atomic E-state index is 0.351. The fourth-order valence-corrected chi connectivity index (χ4v) is 2.73. The number of hydrogen-bond donors (Lipinski definition) is 2. The lowest BCUT2D eigenvalue weighted by atomic mass is 9.95. The number of nitrogens with zero attached hydrogens (tertiary/aromatic N) is 1. The molecule has 2 rings (SSSR count). The summed E-state index contributed by atoms with van der Waals surface area (Å²) < 4.78 is 0. The first-order valence-corrected chi connectivity index (χ1v) is 7.27. The van der Waals surface area contributed by atoms with E-state index >= 15 is 0 Å². The second-order valence-electron chi connectivity index (χ2n) is 6.21. The maximum absolute atomic E-state index is 11.2. The quantitative estimate of drug-likeness (QED) is 0.724. The molecule has 2 N–H and O–H groups in total. The number of hydrogen-bond acceptors (Lipinski definition) is 3. The summed E-state index contributed by atoms with van der Waals surface area (Å²) in [5.74, 6) is 0.848. The molecule has 0 aromatic heterocycles. The smallest absolute Gasteiger partial charge is 0.320 e. The van der Waals surface area contributed by atoms with E-state index in [1.807, 2.05) is 0 Å². The number of nitrogens with one attached hydrogen (secondary N) is 1. The zero-order valence-electron chi connectivity index (χ0n) is 11.6. The van der Waals surface area contributed by atoms with E-state index in [2.05, 4.69) is 24.1 Å². The molecule has 2 atom stereocenters. The summed E-state index contributed by atoms with van der Waals surface area (Å²) in [4.78, 5) is 13.6. The highest BCUT2D eigenvalue weighted by Crippen LogP contribution is 2.24. The predicted octanol–water partition coefficient (Wildman–Crippen LogP) is 1.56. The van der Waals surface area contributed by atoms with Gasteiger partial charge in [0.25, 0.3) is 0 Å². The van der Waals surface area contributed by atoms with Crippen molar-refractivity contribution in [1.29, 1.82) is 0 Å². The van der Waals surface area contributed by atoms with Crippen LogP contribution in [-0.2, 0) is 4.79 Å². The Kier molecular flexibility index (Phi) is 4.62. The molecule has 4 heteroatoms. The van der Waals surface area contributed by atoms with Crippen LogP contribution in [0, 0.1) is 11.8 Å². The first kappa shape index (κ1) is 13.8. The van der Waals surface area contributed by atoms with Gasteiger partial charge in [0.1, 0.15) is 6.04 Å². The molecule has 1 heterocycles. The van der Waals surface area contributed by atoms with Crippen LogP contribution in [0.25, 0.3) is 0 Å². The fourth-order valence-electron chi connectivity index (χ4n) is 2.73. The minimum Gasteiger partial charge on any atom is -0.480 e. The Morgan fingerprint density at radius 3 is 2.61 bits per heavy atom. The SMILES string of the molecule is CC(C)C1CCN(CCC(NC2CC2)C(=O)O)C1. The highest BCUT2D eigenvalue weighted by atomic mass is 16.4. The summed E-state index contributed by atoms with van der Waals surface area (Å²) in [6.07, 6.45) is 4.29. The lowest BCUT2D eigenvalue weighted by molar-refractivity contribution is -0.139. The zero-order chi connectivity index (χ0) is 13.1. The Bertz CT molecular complexity index is 290. The molecule has 1 aliphatic carbocycles. The summed E-state index contributed by atoms with van der Waals surface area (Å²) in [5, 5.41) is 12.4. The van der Waals surface area contributed by atoms with Crippen molar-refractivity contribution in [3.8, 4) is 0 Å². The van der Waals surface area contributed by atoms with Gasteiger partial charge < -0.3 is 15.3 Å². The molecule has 1 saturated carbocycles. The topological polar surface area (TPSA) is 52.6 Å². The van der Waals surface area contributed by atoms with Crippen LogP contribution in [0.1, 0.15) is 39.5 Å². The number of carbonyl (C=O) groups is 1. The van der Waals surface area contributed by atoms with Gasteiger partial charge in [-0.1, -0.05) is 13.8 Å². The van der Waals surface area contributed by atoms with E-state index < -0.39 is 5.97 Å². The van der Waals surface area contributed by atoms with Crippen molar-refractivity contribution >= 4 is 5.97 Å². The van der Waals surface area contributed by atoms with Gasteiger partial charge in [-0.15, -0.1) is 0 Å². The van der Waals surface area contributed by atoms with Crippen molar-refractivity contribution in [2.45, 2.75) is 51.6 Å². The van der Waals surface area contributed by atoms with Gasteiger partial charge in [-0.25, -0.2) is 0 Å². The van der Waals surface area contributed by atoms with Gasteiger partial charge in [0, 0.05) is 19.1 Å². The molecule has 0 amide bonds. The zero-order valence-corrected chi connectivity index (χ0v) is 11.6. The van der Waals surface area contributed by atoms with Crippen molar-refractivity contribution in [2.75, 3.05) is 19.6 Å². The average molecular weight is 254 g/mol. The van der Waals surface area contributed by atoms with Gasteiger partial charge in [-0.2, -0.15) is 0 Å². The van der Waals surface area contributed by atoms with E-state index in [1.54, 1.807) is 0 Å². The second-order valence-corrected chi connectivity index (χ2v) is 6.21. The lowest BCUT2D eigenvalue weighted by Crippen LogP contribution is -2.40. The van der Waals surface area contributed by atoms with Crippen LogP contribution in [0.15, 0.2) is 0 Å². The van der Waals surface area contributed by atoms with E-state index in [0.717, 1.165) is 50.7 Å². The van der Waals surface area contributed by atoms with E-state index in [9.17, 15) is 9.90 Å². The van der Waals surface area contributed by atoms with Crippen LogP contribution in [0.2, 0.25) is 0 Å². The first-order chi connectivity index (χ1) is 8.56. The molecule has 1 aliphatic heterocycles. The molecular formula is C14H26N2O2. The molecule has 2 unspecified atom stereocenters. The summed E-state index contributed by atoms with van der Waals surface area (Å²) in [7, 11) is 0. The molecule has 2 aliphatic rings. The van der Waals surface area contributed by atoms with Crippen LogP contribution in [-0.4, -0.2) is 47.7 Å². The van der Waals surface area contributed by atoms with Crippen molar-refractivity contribution in [3.05, 3.63) is 0 Å². The molecule has 18 heavy (non-hydrogen) atoms. The number of likely N-dealkylation sites (tertiary alicyclic amines) is 1. The minimum atomic E-state index is -0.693. The number of aliphatic carboxylic acids is 1. The van der Waals surface area contributed by atoms with Crippen LogP contribution in [0.3, 0.4) is 0 Å². The second kappa shape index (κ2) is 6.02. The van der Waals surface area contributed by atoms with Crippen molar-refractivity contribution < 1.29 is 9.90 Å². The predicted molar refractivity (Wildman–Crippen MR) is 71.6 cm³/mol. The Hall–Kier alpha value is -0.610. The standard InChI is InChI=1S/C14H26N2O2/c1-10(2)11-5-7-16(9-11)8-6-13(14(17)18)15-12-3-4-12/h10-13,15H,3-9H2,1-2H3,(H,17,18). The molecule has 104 valence electrons. The van der Waals surface area contributed by atoms with Crippen molar-refractivity contribution in [2.24, 2.45) is 11.8 Å². The van der Waals surface area contributed by atoms with Crippen LogP contribution in [0.5, 0.6) is 0 Å². The van der Waals surface area contributed by atoms with Gasteiger partial charge in [-0.3, -0.25) is 4.79 Å². The summed E-state index contributed by atoms with van der Waals surface area (Å²) in [6.45, 7) is 7.76. The number of carboxylic acid groups (broad SMARTS) is 1. The lowest BCUT2D eigenvalue weighted by Gasteiger charge is -2.20. The highest BCUT2D eigenvalue weighted by molar-refractivity contribution is 5.73. The third-order valence-corrected chi connectivity index (χ3v) is 4.30. The van der Waals surface area contributed by atoms with Crippen LogP contribution in [0.4, 0.5) is 0 Å². The van der Waals surface area contributed by atoms with Gasteiger partial charge in [-0.05, 0) is 44.1 Å². The van der Waals surface area contributed by atoms with Gasteiger partial charge in [0.05, 0.1) is 0 Å². The normalized spacial score (nSPS) is 26.7. The molecule has 0 aromatic rings. The maximum atomic E-state index is 11.2. The molecule has 2 fully saturated rings. The monoisotopic (exact) mass is 254 g/mol. The summed E-state index contributed by atoms with van der Waals surface area (Å²) in [5.41, 5.74) is 0. The number of carboxylic acids is 1. The first-order valence-electron chi connectivity index (χ1n) is 7.27. The van der Waals surface area contributed by atoms with Crippen molar-refractivity contribution in [3.63, 3.8) is 0 Å². The highest BCUT2D eigenvalue weighted by Gasteiger charge is 2.30. The average Bonchev–Trinajstić information content (AvgIpc) is 2.99. The van der Waals surface area contributed by atoms with Gasteiger partial charge in [0.15, 0.2) is 0 Å². The fraction of sp³-hybridized carbons (Fsp3) is 0.929. The summed E-state index contributed by atoms with van der Waals surface area (Å²) in [6, 6.07) is 0.115. The Labute approximate surface area is 110 Å². The summed E-state index contributed by atoms with van der Waals surface area (Å²) >= 11 is 0. The van der Waals surface area contributed by atoms with E-state index in [1.165, 1.54) is 6.42 Å².